The predicted molar refractivity (Wildman–Crippen MR) is 94.6 cm³/mol. The number of nitrogens with zero attached hydrogens (tertiary/aromatic N) is 5. The number of methoxy groups -OCH3 is 1. The van der Waals surface area contributed by atoms with Crippen molar-refractivity contribution in [2.75, 3.05) is 13.7 Å². The molecule has 0 radical (unpaired) electrons. The van der Waals surface area contributed by atoms with E-state index in [2.05, 4.69) is 15.3 Å². The number of aromatic nitrogens is 5. The van der Waals surface area contributed by atoms with Crippen LogP contribution in [0, 0.1) is 11.8 Å². The number of hydrogen-bond donors (Lipinski definition) is 1. The Kier molecular flexibility index (Phi) is 4.31. The molecule has 2 aromatic heterocycles. The van der Waals surface area contributed by atoms with Gasteiger partial charge in [-0.05, 0) is 61.9 Å². The number of nitrogens with two attached hydrogens (primary N) is 1. The first-order valence-corrected chi connectivity index (χ1v) is 8.68. The maximum absolute atomic E-state index is 5.79. The van der Waals surface area contributed by atoms with Crippen molar-refractivity contribution in [2.24, 2.45) is 17.6 Å². The van der Waals surface area contributed by atoms with Gasteiger partial charge in [0.15, 0.2) is 11.2 Å². The van der Waals surface area contributed by atoms with Crippen molar-refractivity contribution in [3.05, 3.63) is 36.3 Å². The summed E-state index contributed by atoms with van der Waals surface area (Å²) in [4.78, 5) is 9.21. The van der Waals surface area contributed by atoms with Crippen molar-refractivity contribution in [1.82, 2.24) is 25.0 Å². The first-order chi connectivity index (χ1) is 12.3. The zero-order chi connectivity index (χ0) is 17.2. The van der Waals surface area contributed by atoms with Crippen LogP contribution in [0.1, 0.15) is 25.1 Å². The van der Waals surface area contributed by atoms with E-state index < -0.39 is 0 Å². The molecule has 1 aliphatic carbocycles. The van der Waals surface area contributed by atoms with Gasteiger partial charge in [-0.1, -0.05) is 5.21 Å². The highest BCUT2D eigenvalue weighted by molar-refractivity contribution is 5.70. The van der Waals surface area contributed by atoms with E-state index in [0.29, 0.717) is 17.4 Å². The Morgan fingerprint density at radius 3 is 2.72 bits per heavy atom. The molecule has 0 saturated heterocycles. The van der Waals surface area contributed by atoms with Gasteiger partial charge in [0.1, 0.15) is 11.6 Å². The third-order valence-electron chi connectivity index (χ3n) is 5.01. The lowest BCUT2D eigenvalue weighted by Gasteiger charge is -2.09. The molecule has 1 aromatic carbocycles. The first kappa shape index (κ1) is 16.0. The van der Waals surface area contributed by atoms with E-state index >= 15 is 0 Å². The second kappa shape index (κ2) is 6.76. The lowest BCUT2D eigenvalue weighted by molar-refractivity contribution is 0.414. The summed E-state index contributed by atoms with van der Waals surface area (Å²) in [5.74, 6) is 2.93. The van der Waals surface area contributed by atoms with Crippen molar-refractivity contribution >= 4 is 11.2 Å². The standard InChI is InChI=1S/C18H22N6O/c1-25-15-6-4-14(5-7-15)24-18-16(22-23-24)11-20-17(21-18)9-12-2-3-13(8-12)10-19/h4-7,11-13H,2-3,8-10,19H2,1H3/t12-,13+/m1/s1. The Balaban J connectivity index is 1.61. The van der Waals surface area contributed by atoms with Crippen molar-refractivity contribution < 1.29 is 4.74 Å². The SMILES string of the molecule is COc1ccc(-n2nnc3cnc(C[C@@H]4CC[C@H](CN)C4)nc32)cc1. The molecule has 2 atom stereocenters. The Morgan fingerprint density at radius 2 is 2.00 bits per heavy atom. The van der Waals surface area contributed by atoms with Crippen LogP contribution in [0.3, 0.4) is 0 Å². The molecule has 2 N–H and O–H groups in total. The van der Waals surface area contributed by atoms with Crippen LogP contribution in [0.5, 0.6) is 5.75 Å². The van der Waals surface area contributed by atoms with E-state index in [-0.39, 0.29) is 0 Å². The van der Waals surface area contributed by atoms with E-state index in [9.17, 15) is 0 Å². The topological polar surface area (TPSA) is 91.7 Å². The van der Waals surface area contributed by atoms with Gasteiger partial charge in [0.2, 0.25) is 0 Å². The fourth-order valence-corrected chi connectivity index (χ4v) is 3.60. The number of ether oxygens (including phenoxy) is 1. The minimum Gasteiger partial charge on any atom is -0.497 e. The lowest BCUT2D eigenvalue weighted by Crippen LogP contribution is -2.12. The second-order valence-corrected chi connectivity index (χ2v) is 6.68. The lowest BCUT2D eigenvalue weighted by atomic mass is 10.0. The molecule has 0 spiro atoms. The minimum atomic E-state index is 0.622. The molecule has 7 heteroatoms. The predicted octanol–water partition coefficient (Wildman–Crippen LogP) is 2.14. The van der Waals surface area contributed by atoms with E-state index in [0.717, 1.165) is 35.9 Å². The van der Waals surface area contributed by atoms with Crippen molar-refractivity contribution in [1.29, 1.82) is 0 Å². The first-order valence-electron chi connectivity index (χ1n) is 8.68. The molecule has 1 saturated carbocycles. The van der Waals surface area contributed by atoms with E-state index in [4.69, 9.17) is 15.5 Å². The third-order valence-corrected chi connectivity index (χ3v) is 5.01. The molecule has 1 fully saturated rings. The molecule has 3 aromatic rings. The average Bonchev–Trinajstić information content (AvgIpc) is 3.28. The summed E-state index contributed by atoms with van der Waals surface area (Å²) in [7, 11) is 1.65. The monoisotopic (exact) mass is 338 g/mol. The van der Waals surface area contributed by atoms with Gasteiger partial charge in [0.25, 0.3) is 0 Å². The molecule has 25 heavy (non-hydrogen) atoms. The van der Waals surface area contributed by atoms with E-state index in [1.54, 1.807) is 18.0 Å². The smallest absolute Gasteiger partial charge is 0.187 e. The Bertz CT molecular complexity index is 860. The molecule has 1 aliphatic rings. The van der Waals surface area contributed by atoms with Crippen LogP contribution in [0.4, 0.5) is 0 Å². The quantitative estimate of drug-likeness (QED) is 0.766. The highest BCUT2D eigenvalue weighted by atomic mass is 16.5. The largest absolute Gasteiger partial charge is 0.497 e. The molecule has 0 bridgehead atoms. The van der Waals surface area contributed by atoms with Crippen LogP contribution in [-0.4, -0.2) is 38.6 Å². The van der Waals surface area contributed by atoms with E-state index in [1.807, 2.05) is 24.3 Å². The summed E-state index contributed by atoms with van der Waals surface area (Å²) in [5, 5.41) is 8.40. The normalized spacial score (nSPS) is 20.2. The summed E-state index contributed by atoms with van der Waals surface area (Å²) < 4.78 is 6.95. The number of benzene rings is 1. The second-order valence-electron chi connectivity index (χ2n) is 6.68. The summed E-state index contributed by atoms with van der Waals surface area (Å²) >= 11 is 0. The van der Waals surface area contributed by atoms with E-state index in [1.165, 1.54) is 19.3 Å². The van der Waals surface area contributed by atoms with Gasteiger partial charge in [0.05, 0.1) is 19.0 Å². The van der Waals surface area contributed by atoms with Gasteiger partial charge < -0.3 is 10.5 Å². The van der Waals surface area contributed by atoms with Crippen LogP contribution in [0.15, 0.2) is 30.5 Å². The zero-order valence-electron chi connectivity index (χ0n) is 14.3. The molecule has 4 rings (SSSR count). The third kappa shape index (κ3) is 3.19. The fourth-order valence-electron chi connectivity index (χ4n) is 3.60. The average molecular weight is 338 g/mol. The fraction of sp³-hybridized carbons (Fsp3) is 0.444. The molecule has 130 valence electrons. The Hall–Kier alpha value is -2.54. The number of hydrogen-bond acceptors (Lipinski definition) is 6. The highest BCUT2D eigenvalue weighted by Gasteiger charge is 2.24. The van der Waals surface area contributed by atoms with Gasteiger partial charge in [-0.25, -0.2) is 9.97 Å². The molecule has 0 aliphatic heterocycles. The van der Waals surface area contributed by atoms with Gasteiger partial charge in [-0.3, -0.25) is 0 Å². The van der Waals surface area contributed by atoms with Crippen molar-refractivity contribution in [3.63, 3.8) is 0 Å². The maximum atomic E-state index is 5.79. The summed E-state index contributed by atoms with van der Waals surface area (Å²) in [6, 6.07) is 7.68. The Labute approximate surface area is 146 Å². The minimum absolute atomic E-state index is 0.622. The van der Waals surface area contributed by atoms with Crippen LogP contribution < -0.4 is 10.5 Å². The van der Waals surface area contributed by atoms with Crippen molar-refractivity contribution in [2.45, 2.75) is 25.7 Å². The molecule has 7 nitrogen and oxygen atoms in total. The van der Waals surface area contributed by atoms with Crippen LogP contribution in [0.2, 0.25) is 0 Å². The van der Waals surface area contributed by atoms with Crippen LogP contribution in [-0.2, 0) is 6.42 Å². The molecular formula is C18H22N6O. The van der Waals surface area contributed by atoms with Gasteiger partial charge >= 0.3 is 0 Å². The molecule has 0 amide bonds. The van der Waals surface area contributed by atoms with Gasteiger partial charge in [-0.2, -0.15) is 4.68 Å². The summed E-state index contributed by atoms with van der Waals surface area (Å²) in [6.45, 7) is 0.782. The number of fused-ring (bicyclic) bond motifs is 1. The van der Waals surface area contributed by atoms with Gasteiger partial charge in [-0.15, -0.1) is 5.10 Å². The molecular weight excluding hydrogens is 316 g/mol. The Morgan fingerprint density at radius 1 is 1.20 bits per heavy atom. The summed E-state index contributed by atoms with van der Waals surface area (Å²) in [5.41, 5.74) is 8.13. The van der Waals surface area contributed by atoms with Crippen LogP contribution >= 0.6 is 0 Å². The zero-order valence-corrected chi connectivity index (χ0v) is 14.3. The van der Waals surface area contributed by atoms with Gasteiger partial charge in [0, 0.05) is 6.42 Å². The number of rotatable bonds is 5. The molecule has 2 heterocycles. The van der Waals surface area contributed by atoms with Crippen molar-refractivity contribution in [3.8, 4) is 11.4 Å². The summed E-state index contributed by atoms with van der Waals surface area (Å²) in [6.07, 6.45) is 6.25. The molecule has 0 unspecified atom stereocenters. The maximum Gasteiger partial charge on any atom is 0.187 e. The van der Waals surface area contributed by atoms with Crippen LogP contribution in [0.25, 0.3) is 16.9 Å². The highest BCUT2D eigenvalue weighted by Crippen LogP contribution is 2.32.